The number of aromatic nitrogens is 1. The summed E-state index contributed by atoms with van der Waals surface area (Å²) in [5.41, 5.74) is 2.53. The molecule has 0 aliphatic heterocycles. The molecule has 2 unspecified atom stereocenters. The highest BCUT2D eigenvalue weighted by Crippen LogP contribution is 2.21. The molecule has 2 atom stereocenters. The van der Waals surface area contributed by atoms with Gasteiger partial charge in [-0.15, -0.1) is 12.6 Å². The fraction of sp³-hybridized carbons (Fsp3) is 0.625. The highest BCUT2D eigenvalue weighted by atomic mass is 32.1. The minimum atomic E-state index is 0.00780. The van der Waals surface area contributed by atoms with Crippen molar-refractivity contribution < 1.29 is 0 Å². The molecule has 0 amide bonds. The number of nitrogens with one attached hydrogen (secondary N) is 1. The smallest absolute Gasteiger partial charge is 0.0586 e. The fourth-order valence-electron chi connectivity index (χ4n) is 2.14. The summed E-state index contributed by atoms with van der Waals surface area (Å²) < 4.78 is 0.700. The Morgan fingerprint density at radius 2 is 2.20 bits per heavy atom. The zero-order chi connectivity index (χ0) is 15.2. The molecule has 0 aliphatic carbocycles. The van der Waals surface area contributed by atoms with E-state index in [1.54, 1.807) is 0 Å². The van der Waals surface area contributed by atoms with E-state index in [0.29, 0.717) is 16.7 Å². The molecule has 20 heavy (non-hydrogen) atoms. The van der Waals surface area contributed by atoms with Gasteiger partial charge in [-0.3, -0.25) is 4.98 Å². The summed E-state index contributed by atoms with van der Waals surface area (Å²) in [5, 5.41) is 3.50. The summed E-state index contributed by atoms with van der Waals surface area (Å²) in [6.45, 7) is 9.55. The minimum absolute atomic E-state index is 0.00780. The Morgan fingerprint density at radius 1 is 1.50 bits per heavy atom. The predicted octanol–water partition coefficient (Wildman–Crippen LogP) is 4.15. The van der Waals surface area contributed by atoms with Crippen molar-refractivity contribution in [3.63, 3.8) is 0 Å². The molecule has 0 saturated carbocycles. The largest absolute Gasteiger partial charge is 0.306 e. The van der Waals surface area contributed by atoms with E-state index in [-0.39, 0.29) is 5.54 Å². The lowest BCUT2D eigenvalue weighted by molar-refractivity contribution is 0.357. The molecule has 1 N–H and O–H groups in total. The van der Waals surface area contributed by atoms with Crippen molar-refractivity contribution in [3.8, 4) is 0 Å². The lowest BCUT2D eigenvalue weighted by Crippen LogP contribution is -2.45. The number of hydrogen-bond acceptors (Lipinski definition) is 3. The Balaban J connectivity index is 2.81. The average Bonchev–Trinajstić information content (AvgIpc) is 2.44. The van der Waals surface area contributed by atoms with E-state index in [9.17, 15) is 0 Å². The van der Waals surface area contributed by atoms with Gasteiger partial charge in [0.25, 0.3) is 0 Å². The van der Waals surface area contributed by atoms with Crippen LogP contribution in [0.25, 0.3) is 0 Å². The quantitative estimate of drug-likeness (QED) is 0.557. The molecule has 2 nitrogen and oxygen atoms in total. The van der Waals surface area contributed by atoms with E-state index < -0.39 is 0 Å². The summed E-state index contributed by atoms with van der Waals surface area (Å²) in [6, 6.07) is 4.36. The molecule has 0 fully saturated rings. The molecule has 1 aromatic rings. The molecule has 0 aromatic carbocycles. The second kappa shape index (κ2) is 8.11. The van der Waals surface area contributed by atoms with Crippen LogP contribution in [0.5, 0.6) is 0 Å². The molecule has 112 valence electrons. The lowest BCUT2D eigenvalue weighted by Gasteiger charge is -2.29. The van der Waals surface area contributed by atoms with Gasteiger partial charge < -0.3 is 5.32 Å². The van der Waals surface area contributed by atoms with Gasteiger partial charge in [0.05, 0.1) is 4.20 Å². The Hall–Kier alpha value is -0.450. The number of nitrogens with zero attached hydrogens (tertiary/aromatic N) is 1. The van der Waals surface area contributed by atoms with Gasteiger partial charge in [0, 0.05) is 30.4 Å². The third kappa shape index (κ3) is 5.51. The monoisotopic (exact) mass is 310 g/mol. The van der Waals surface area contributed by atoms with E-state index in [2.05, 4.69) is 62.8 Å². The summed E-state index contributed by atoms with van der Waals surface area (Å²) in [4.78, 5) is 4.52. The maximum atomic E-state index is 5.03. The predicted molar refractivity (Wildman–Crippen MR) is 94.9 cm³/mol. The Bertz CT molecular complexity index is 448. The van der Waals surface area contributed by atoms with Crippen LogP contribution in [-0.4, -0.2) is 21.3 Å². The molecule has 1 heterocycles. The SMILES string of the molecule is CCC(C)c1ccnc(CC(C)(CC)NCC(=S)S)c1. The molecule has 0 spiro atoms. The molecular weight excluding hydrogens is 284 g/mol. The first-order valence-electron chi connectivity index (χ1n) is 7.32. The van der Waals surface area contributed by atoms with Crippen LogP contribution in [0.4, 0.5) is 0 Å². The molecule has 1 aromatic heterocycles. The van der Waals surface area contributed by atoms with Crippen LogP contribution in [0.15, 0.2) is 18.3 Å². The van der Waals surface area contributed by atoms with Crippen molar-refractivity contribution in [2.75, 3.05) is 6.54 Å². The first kappa shape index (κ1) is 17.6. The molecule has 0 saturated heterocycles. The normalized spacial score (nSPS) is 15.7. The fourth-order valence-corrected chi connectivity index (χ4v) is 2.29. The van der Waals surface area contributed by atoms with Crippen molar-refractivity contribution >= 4 is 29.0 Å². The second-order valence-corrected chi connectivity index (χ2v) is 7.06. The number of pyridine rings is 1. The van der Waals surface area contributed by atoms with Crippen molar-refractivity contribution in [2.24, 2.45) is 0 Å². The van der Waals surface area contributed by atoms with Crippen molar-refractivity contribution in [3.05, 3.63) is 29.6 Å². The van der Waals surface area contributed by atoms with Gasteiger partial charge in [0.15, 0.2) is 0 Å². The average molecular weight is 311 g/mol. The van der Waals surface area contributed by atoms with Crippen LogP contribution in [0.3, 0.4) is 0 Å². The number of thiocarbonyl (C=S) groups is 1. The topological polar surface area (TPSA) is 24.9 Å². The highest BCUT2D eigenvalue weighted by molar-refractivity contribution is 8.11. The van der Waals surface area contributed by atoms with Crippen molar-refractivity contribution in [1.82, 2.24) is 10.3 Å². The maximum absolute atomic E-state index is 5.03. The molecule has 0 radical (unpaired) electrons. The summed E-state index contributed by atoms with van der Waals surface area (Å²) in [6.07, 6.45) is 5.01. The van der Waals surface area contributed by atoms with Crippen LogP contribution in [0.2, 0.25) is 0 Å². The maximum Gasteiger partial charge on any atom is 0.0586 e. The lowest BCUT2D eigenvalue weighted by atomic mass is 9.90. The Morgan fingerprint density at radius 3 is 2.75 bits per heavy atom. The molecule has 0 bridgehead atoms. The molecule has 4 heteroatoms. The van der Waals surface area contributed by atoms with Crippen LogP contribution in [0, 0.1) is 0 Å². The standard InChI is InChI=1S/C16H26N2S2/c1-5-12(3)13-7-8-17-14(9-13)10-16(4,6-2)18-11-15(19)20/h7-9,12,18H,5-6,10-11H2,1-4H3,(H,19,20). The number of rotatable bonds is 8. The third-order valence-corrected chi connectivity index (χ3v) is 4.34. The minimum Gasteiger partial charge on any atom is -0.306 e. The van der Waals surface area contributed by atoms with E-state index in [0.717, 1.165) is 25.0 Å². The Labute approximate surface area is 134 Å². The van der Waals surface area contributed by atoms with Gasteiger partial charge in [-0.1, -0.05) is 33.0 Å². The van der Waals surface area contributed by atoms with Crippen LogP contribution < -0.4 is 5.32 Å². The zero-order valence-electron chi connectivity index (χ0n) is 12.9. The third-order valence-electron chi connectivity index (χ3n) is 4.04. The van der Waals surface area contributed by atoms with Crippen molar-refractivity contribution in [2.45, 2.75) is 58.4 Å². The Kier molecular flexibility index (Phi) is 7.13. The zero-order valence-corrected chi connectivity index (χ0v) is 14.7. The first-order chi connectivity index (χ1) is 9.40. The summed E-state index contributed by atoms with van der Waals surface area (Å²) in [5.74, 6) is 0.586. The van der Waals surface area contributed by atoms with Crippen LogP contribution in [0.1, 0.15) is 57.7 Å². The van der Waals surface area contributed by atoms with Gasteiger partial charge >= 0.3 is 0 Å². The first-order valence-corrected chi connectivity index (χ1v) is 8.17. The van der Waals surface area contributed by atoms with Crippen molar-refractivity contribution in [1.29, 1.82) is 0 Å². The van der Waals surface area contributed by atoms with Crippen LogP contribution >= 0.6 is 24.8 Å². The molecule has 1 rings (SSSR count). The summed E-state index contributed by atoms with van der Waals surface area (Å²) >= 11 is 9.22. The van der Waals surface area contributed by atoms with Gasteiger partial charge in [-0.05, 0) is 43.4 Å². The van der Waals surface area contributed by atoms with Gasteiger partial charge in [0.2, 0.25) is 0 Å². The number of hydrogen-bond donors (Lipinski definition) is 2. The van der Waals surface area contributed by atoms with Gasteiger partial charge in [-0.2, -0.15) is 0 Å². The van der Waals surface area contributed by atoms with E-state index in [1.165, 1.54) is 5.56 Å². The van der Waals surface area contributed by atoms with Gasteiger partial charge in [0.1, 0.15) is 0 Å². The van der Waals surface area contributed by atoms with E-state index in [1.807, 2.05) is 6.20 Å². The number of thiol groups is 1. The highest BCUT2D eigenvalue weighted by Gasteiger charge is 2.22. The summed E-state index contributed by atoms with van der Waals surface area (Å²) in [7, 11) is 0. The van der Waals surface area contributed by atoms with Crippen LogP contribution in [-0.2, 0) is 6.42 Å². The van der Waals surface area contributed by atoms with E-state index >= 15 is 0 Å². The second-order valence-electron chi connectivity index (χ2n) is 5.73. The van der Waals surface area contributed by atoms with E-state index in [4.69, 9.17) is 12.2 Å². The van der Waals surface area contributed by atoms with Gasteiger partial charge in [-0.25, -0.2) is 0 Å². The molecular formula is C16H26N2S2. The molecule has 0 aliphatic rings.